The van der Waals surface area contributed by atoms with E-state index in [0.29, 0.717) is 33.6 Å². The molecule has 0 unspecified atom stereocenters. The number of furan rings is 1. The van der Waals surface area contributed by atoms with Crippen LogP contribution >= 0.6 is 0 Å². The van der Waals surface area contributed by atoms with E-state index in [4.69, 9.17) is 20.0 Å². The maximum absolute atomic E-state index is 15.1. The van der Waals surface area contributed by atoms with Crippen LogP contribution in [-0.2, 0) is 24.4 Å². The van der Waals surface area contributed by atoms with Crippen LogP contribution in [0.2, 0.25) is 0 Å². The molecule has 0 atom stereocenters. The Bertz CT molecular complexity index is 1260. The number of halogens is 1. The summed E-state index contributed by atoms with van der Waals surface area (Å²) in [7, 11) is 0. The van der Waals surface area contributed by atoms with Crippen LogP contribution in [0.25, 0.3) is 22.1 Å². The molecule has 1 heterocycles. The molecule has 1 aromatic heterocycles. The first kappa shape index (κ1) is 20.6. The van der Waals surface area contributed by atoms with Crippen molar-refractivity contribution in [1.82, 2.24) is 0 Å². The second-order valence-corrected chi connectivity index (χ2v) is 7.36. The Labute approximate surface area is 178 Å². The molecule has 0 fully saturated rings. The van der Waals surface area contributed by atoms with E-state index in [0.717, 1.165) is 16.7 Å². The lowest BCUT2D eigenvalue weighted by Gasteiger charge is -2.13. The lowest BCUT2D eigenvalue weighted by molar-refractivity contribution is -0.136. The molecule has 0 saturated carbocycles. The zero-order valence-corrected chi connectivity index (χ0v) is 17.0. The second kappa shape index (κ2) is 8.62. The molecule has 4 aromatic rings. The van der Waals surface area contributed by atoms with Gasteiger partial charge in [0.1, 0.15) is 29.5 Å². The summed E-state index contributed by atoms with van der Waals surface area (Å²) in [6.07, 6.45) is -0.130. The Morgan fingerprint density at radius 2 is 1.84 bits per heavy atom. The zero-order valence-electron chi connectivity index (χ0n) is 17.0. The highest BCUT2D eigenvalue weighted by atomic mass is 19.1. The number of aliphatic carboxylic acids is 1. The molecule has 3 N–H and O–H groups in total. The molecular formula is C25H22FNO4. The fourth-order valence-corrected chi connectivity index (χ4v) is 3.69. The number of nitrogens with two attached hydrogens (primary N) is 1. The highest BCUT2D eigenvalue weighted by Gasteiger charge is 2.16. The molecule has 0 aliphatic heterocycles. The number of hydrogen-bond acceptors (Lipinski definition) is 4. The van der Waals surface area contributed by atoms with Gasteiger partial charge in [0.15, 0.2) is 0 Å². The Morgan fingerprint density at radius 3 is 2.61 bits per heavy atom. The number of rotatable bonds is 7. The predicted molar refractivity (Wildman–Crippen MR) is 116 cm³/mol. The standard InChI is InChI=1S/C25H22FNO4/c1-15-9-21-20(19-7-4-6-18(13-27)25(19)26)10-16(11-23(21)31-15)14-30-22-8-3-2-5-17(22)12-24(28)29/h2-11H,12-14,27H2,1H3,(H,28,29). The first-order valence-electron chi connectivity index (χ1n) is 9.89. The predicted octanol–water partition coefficient (Wildman–Crippen LogP) is 5.21. The molecule has 0 spiro atoms. The summed E-state index contributed by atoms with van der Waals surface area (Å²) in [6, 6.07) is 17.8. The van der Waals surface area contributed by atoms with E-state index >= 15 is 4.39 Å². The van der Waals surface area contributed by atoms with Crippen LogP contribution in [0.3, 0.4) is 0 Å². The van der Waals surface area contributed by atoms with E-state index < -0.39 is 5.97 Å². The number of carbonyl (C=O) groups is 1. The highest BCUT2D eigenvalue weighted by Crippen LogP contribution is 2.35. The van der Waals surface area contributed by atoms with Gasteiger partial charge >= 0.3 is 5.97 Å². The van der Waals surface area contributed by atoms with Gasteiger partial charge in [-0.3, -0.25) is 4.79 Å². The second-order valence-electron chi connectivity index (χ2n) is 7.36. The van der Waals surface area contributed by atoms with Gasteiger partial charge in [-0.1, -0.05) is 36.4 Å². The number of para-hydroxylation sites is 1. The van der Waals surface area contributed by atoms with Crippen LogP contribution in [-0.4, -0.2) is 11.1 Å². The third-order valence-electron chi connectivity index (χ3n) is 5.12. The molecule has 0 aliphatic rings. The van der Waals surface area contributed by atoms with Gasteiger partial charge in [0.05, 0.1) is 6.42 Å². The Hall–Kier alpha value is -3.64. The Kier molecular flexibility index (Phi) is 5.73. The van der Waals surface area contributed by atoms with Crippen molar-refractivity contribution in [2.24, 2.45) is 5.73 Å². The van der Waals surface area contributed by atoms with Gasteiger partial charge < -0.3 is 20.0 Å². The summed E-state index contributed by atoms with van der Waals surface area (Å²) in [4.78, 5) is 11.1. The Balaban J connectivity index is 1.73. The van der Waals surface area contributed by atoms with E-state index in [2.05, 4.69) is 0 Å². The monoisotopic (exact) mass is 419 g/mol. The largest absolute Gasteiger partial charge is 0.489 e. The minimum Gasteiger partial charge on any atom is -0.489 e. The normalized spacial score (nSPS) is 11.1. The summed E-state index contributed by atoms with van der Waals surface area (Å²) < 4.78 is 26.8. The molecule has 158 valence electrons. The summed E-state index contributed by atoms with van der Waals surface area (Å²) in [6.45, 7) is 2.13. The number of hydrogen-bond donors (Lipinski definition) is 2. The minimum absolute atomic E-state index is 0.108. The topological polar surface area (TPSA) is 85.7 Å². The number of carboxylic acid groups (broad SMARTS) is 1. The third-order valence-corrected chi connectivity index (χ3v) is 5.12. The number of aryl methyl sites for hydroxylation is 1. The van der Waals surface area contributed by atoms with Crippen molar-refractivity contribution in [3.05, 3.63) is 88.9 Å². The SMILES string of the molecule is Cc1cc2c(-c3cccc(CN)c3F)cc(COc3ccccc3CC(=O)O)cc2o1. The quantitative estimate of drug-likeness (QED) is 0.429. The summed E-state index contributed by atoms with van der Waals surface area (Å²) in [5.74, 6) is -0.0638. The third kappa shape index (κ3) is 4.29. The molecule has 0 bridgehead atoms. The van der Waals surface area contributed by atoms with Crippen LogP contribution in [0, 0.1) is 12.7 Å². The molecule has 3 aromatic carbocycles. The average molecular weight is 419 g/mol. The number of ether oxygens (including phenoxy) is 1. The molecular weight excluding hydrogens is 397 g/mol. The van der Waals surface area contributed by atoms with E-state index in [1.807, 2.05) is 25.1 Å². The molecule has 0 amide bonds. The zero-order chi connectivity index (χ0) is 22.0. The maximum Gasteiger partial charge on any atom is 0.307 e. The van der Waals surface area contributed by atoms with E-state index in [1.54, 1.807) is 42.5 Å². The fourth-order valence-electron chi connectivity index (χ4n) is 3.69. The number of fused-ring (bicyclic) bond motifs is 1. The smallest absolute Gasteiger partial charge is 0.307 e. The van der Waals surface area contributed by atoms with Crippen LogP contribution < -0.4 is 10.5 Å². The molecule has 6 heteroatoms. The van der Waals surface area contributed by atoms with Crippen LogP contribution in [0.1, 0.15) is 22.5 Å². The molecule has 0 aliphatic carbocycles. The van der Waals surface area contributed by atoms with Crippen LogP contribution in [0.4, 0.5) is 4.39 Å². The molecule has 4 rings (SSSR count). The summed E-state index contributed by atoms with van der Waals surface area (Å²) in [5, 5.41) is 9.92. The van der Waals surface area contributed by atoms with Gasteiger partial charge in [0.25, 0.3) is 0 Å². The van der Waals surface area contributed by atoms with Crippen molar-refractivity contribution in [3.8, 4) is 16.9 Å². The van der Waals surface area contributed by atoms with Crippen molar-refractivity contribution >= 4 is 16.9 Å². The first-order valence-corrected chi connectivity index (χ1v) is 9.89. The van der Waals surface area contributed by atoms with Crippen LogP contribution in [0.15, 0.2) is 65.1 Å². The van der Waals surface area contributed by atoms with Crippen molar-refractivity contribution in [1.29, 1.82) is 0 Å². The van der Waals surface area contributed by atoms with Crippen molar-refractivity contribution in [2.75, 3.05) is 0 Å². The molecule has 31 heavy (non-hydrogen) atoms. The summed E-state index contributed by atoms with van der Waals surface area (Å²) in [5.41, 5.74) is 9.26. The van der Waals surface area contributed by atoms with E-state index in [-0.39, 0.29) is 25.4 Å². The van der Waals surface area contributed by atoms with Gasteiger partial charge in [0, 0.05) is 28.6 Å². The molecule has 0 saturated heterocycles. The number of benzene rings is 3. The highest BCUT2D eigenvalue weighted by molar-refractivity contribution is 5.95. The van der Waals surface area contributed by atoms with Gasteiger partial charge in [-0.2, -0.15) is 0 Å². The fraction of sp³-hybridized carbons (Fsp3) is 0.160. The number of carboxylic acids is 1. The molecule has 0 radical (unpaired) electrons. The van der Waals surface area contributed by atoms with Crippen molar-refractivity contribution in [2.45, 2.75) is 26.5 Å². The van der Waals surface area contributed by atoms with Gasteiger partial charge in [0.2, 0.25) is 0 Å². The lowest BCUT2D eigenvalue weighted by Crippen LogP contribution is -2.04. The lowest BCUT2D eigenvalue weighted by atomic mass is 9.97. The van der Waals surface area contributed by atoms with Crippen molar-refractivity contribution in [3.63, 3.8) is 0 Å². The van der Waals surface area contributed by atoms with Gasteiger partial charge in [-0.15, -0.1) is 0 Å². The average Bonchev–Trinajstić information content (AvgIpc) is 3.12. The van der Waals surface area contributed by atoms with Gasteiger partial charge in [-0.25, -0.2) is 4.39 Å². The van der Waals surface area contributed by atoms with E-state index in [1.165, 1.54) is 0 Å². The summed E-state index contributed by atoms with van der Waals surface area (Å²) >= 11 is 0. The van der Waals surface area contributed by atoms with Crippen LogP contribution in [0.5, 0.6) is 5.75 Å². The van der Waals surface area contributed by atoms with Crippen molar-refractivity contribution < 1.29 is 23.4 Å². The van der Waals surface area contributed by atoms with Gasteiger partial charge in [-0.05, 0) is 42.3 Å². The minimum atomic E-state index is -0.930. The maximum atomic E-state index is 15.1. The molecule has 5 nitrogen and oxygen atoms in total. The van der Waals surface area contributed by atoms with E-state index in [9.17, 15) is 4.79 Å². The Morgan fingerprint density at radius 1 is 1.06 bits per heavy atom. The first-order chi connectivity index (χ1) is 15.0.